The zero-order valence-corrected chi connectivity index (χ0v) is 16.2. The quantitative estimate of drug-likeness (QED) is 0.817. The lowest BCUT2D eigenvalue weighted by atomic mass is 9.94. The first-order chi connectivity index (χ1) is 13.7. The van der Waals surface area contributed by atoms with Crippen molar-refractivity contribution in [3.05, 3.63) is 36.0 Å². The molecule has 3 atom stereocenters. The highest BCUT2D eigenvalue weighted by molar-refractivity contribution is 5.94. The predicted octanol–water partition coefficient (Wildman–Crippen LogP) is 3.32. The molecule has 0 spiro atoms. The Hall–Kier alpha value is -2.35. The van der Waals surface area contributed by atoms with Crippen LogP contribution in [0, 0.1) is 11.8 Å². The monoisotopic (exact) mass is 406 g/mol. The molecule has 1 unspecified atom stereocenters. The number of halogens is 3. The van der Waals surface area contributed by atoms with E-state index in [1.54, 1.807) is 12.1 Å². The number of hydrogen-bond donors (Lipinski definition) is 2. The van der Waals surface area contributed by atoms with Gasteiger partial charge in [0.2, 0.25) is 5.91 Å². The average molecular weight is 406 g/mol. The van der Waals surface area contributed by atoms with Gasteiger partial charge in [0.05, 0.1) is 17.1 Å². The Morgan fingerprint density at radius 1 is 1.28 bits per heavy atom. The van der Waals surface area contributed by atoms with E-state index in [4.69, 9.17) is 5.73 Å². The number of piperidine rings is 1. The Balaban J connectivity index is 1.60. The van der Waals surface area contributed by atoms with Gasteiger partial charge in [0.1, 0.15) is 0 Å². The first kappa shape index (κ1) is 19.9. The molecule has 4 rings (SSSR count). The Kier molecular flexibility index (Phi) is 5.14. The van der Waals surface area contributed by atoms with Crippen molar-refractivity contribution in [1.29, 1.82) is 0 Å². The maximum Gasteiger partial charge on any atom is 0.418 e. The Labute approximate surface area is 167 Å². The second kappa shape index (κ2) is 7.48. The van der Waals surface area contributed by atoms with Crippen molar-refractivity contribution in [3.8, 4) is 0 Å². The number of nitrogens with one attached hydrogen (secondary N) is 1. The molecule has 2 aliphatic rings. The Morgan fingerprint density at radius 3 is 2.72 bits per heavy atom. The van der Waals surface area contributed by atoms with E-state index in [1.165, 1.54) is 12.3 Å². The van der Waals surface area contributed by atoms with Gasteiger partial charge < -0.3 is 16.0 Å². The van der Waals surface area contributed by atoms with Crippen LogP contribution in [0.1, 0.15) is 31.7 Å². The van der Waals surface area contributed by atoms with E-state index < -0.39 is 17.8 Å². The minimum atomic E-state index is -4.46. The molecule has 2 aromatic rings. The van der Waals surface area contributed by atoms with Gasteiger partial charge in [-0.25, -0.2) is 0 Å². The van der Waals surface area contributed by atoms with Crippen molar-refractivity contribution in [3.63, 3.8) is 0 Å². The highest BCUT2D eigenvalue weighted by atomic mass is 19.4. The molecule has 1 saturated carbocycles. The first-order valence-electron chi connectivity index (χ1n) is 10.00. The standard InChI is InChI=1S/C21H25F3N4O/c1-12-9-14(27-20(29)18(25)13-4-5-13)11-28(10-12)17-7-6-16(21(22,23)24)19-15(17)3-2-8-26-19/h2-3,6-8,12-14,18H,4-5,9-11,25H2,1H3,(H,27,29)/t12-,14+,18?/m0/s1. The topological polar surface area (TPSA) is 71.2 Å². The normalized spacial score (nSPS) is 23.8. The second-order valence-electron chi connectivity index (χ2n) is 8.34. The number of fused-ring (bicyclic) bond motifs is 1. The summed E-state index contributed by atoms with van der Waals surface area (Å²) in [5.41, 5.74) is 5.94. The molecule has 5 nitrogen and oxygen atoms in total. The fourth-order valence-electron chi connectivity index (χ4n) is 4.28. The van der Waals surface area contributed by atoms with Crippen LogP contribution in [0.2, 0.25) is 0 Å². The van der Waals surface area contributed by atoms with E-state index in [1.807, 2.05) is 4.90 Å². The molecule has 8 heteroatoms. The van der Waals surface area contributed by atoms with E-state index in [9.17, 15) is 18.0 Å². The highest BCUT2D eigenvalue weighted by Gasteiger charge is 2.36. The molecule has 156 valence electrons. The molecule has 29 heavy (non-hydrogen) atoms. The minimum absolute atomic E-state index is 0.0490. The number of nitrogens with two attached hydrogens (primary N) is 1. The Bertz CT molecular complexity index is 912. The summed E-state index contributed by atoms with van der Waals surface area (Å²) in [6.07, 6.45) is -0.284. The van der Waals surface area contributed by atoms with Crippen LogP contribution in [0.5, 0.6) is 0 Å². The molecule has 1 saturated heterocycles. The van der Waals surface area contributed by atoms with Crippen molar-refractivity contribution < 1.29 is 18.0 Å². The number of hydrogen-bond acceptors (Lipinski definition) is 4. The van der Waals surface area contributed by atoms with Gasteiger partial charge in [-0.15, -0.1) is 0 Å². The van der Waals surface area contributed by atoms with Crippen LogP contribution in [0.25, 0.3) is 10.9 Å². The number of anilines is 1. The van der Waals surface area contributed by atoms with E-state index >= 15 is 0 Å². The molecule has 2 fully saturated rings. The number of amides is 1. The lowest BCUT2D eigenvalue weighted by Crippen LogP contribution is -2.54. The van der Waals surface area contributed by atoms with Crippen molar-refractivity contribution in [2.24, 2.45) is 17.6 Å². The summed E-state index contributed by atoms with van der Waals surface area (Å²) in [7, 11) is 0. The SMILES string of the molecule is C[C@H]1C[C@@H](NC(=O)C(N)C2CC2)CN(c2ccc(C(F)(F)F)c3ncccc23)C1. The third-order valence-electron chi connectivity index (χ3n) is 5.83. The Morgan fingerprint density at radius 2 is 2.03 bits per heavy atom. The molecule has 1 aliphatic heterocycles. The number of nitrogens with zero attached hydrogens (tertiary/aromatic N) is 2. The fourth-order valence-corrected chi connectivity index (χ4v) is 4.28. The third-order valence-corrected chi connectivity index (χ3v) is 5.83. The lowest BCUT2D eigenvalue weighted by Gasteiger charge is -2.39. The second-order valence-corrected chi connectivity index (χ2v) is 8.34. The van der Waals surface area contributed by atoms with Crippen molar-refractivity contribution >= 4 is 22.5 Å². The molecular weight excluding hydrogens is 381 g/mol. The maximum absolute atomic E-state index is 13.4. The van der Waals surface area contributed by atoms with E-state index in [2.05, 4.69) is 17.2 Å². The number of carbonyl (C=O) groups is 1. The summed E-state index contributed by atoms with van der Waals surface area (Å²) in [4.78, 5) is 18.5. The van der Waals surface area contributed by atoms with E-state index in [0.29, 0.717) is 24.2 Å². The summed E-state index contributed by atoms with van der Waals surface area (Å²) < 4.78 is 40.2. The maximum atomic E-state index is 13.4. The molecule has 1 amide bonds. The van der Waals surface area contributed by atoms with Crippen LogP contribution in [0.15, 0.2) is 30.5 Å². The van der Waals surface area contributed by atoms with E-state index in [0.717, 1.165) is 25.3 Å². The van der Waals surface area contributed by atoms with Crippen LogP contribution in [-0.2, 0) is 11.0 Å². The van der Waals surface area contributed by atoms with Gasteiger partial charge in [0.15, 0.2) is 0 Å². The van der Waals surface area contributed by atoms with Gasteiger partial charge >= 0.3 is 6.18 Å². The van der Waals surface area contributed by atoms with Crippen molar-refractivity contribution in [2.45, 2.75) is 44.4 Å². The van der Waals surface area contributed by atoms with Gasteiger partial charge in [-0.05, 0) is 55.4 Å². The van der Waals surface area contributed by atoms with Crippen LogP contribution in [0.3, 0.4) is 0 Å². The number of aromatic nitrogens is 1. The van der Waals surface area contributed by atoms with Crippen molar-refractivity contribution in [1.82, 2.24) is 10.3 Å². The van der Waals surface area contributed by atoms with Gasteiger partial charge in [-0.2, -0.15) is 13.2 Å². The fraction of sp³-hybridized carbons (Fsp3) is 0.524. The van der Waals surface area contributed by atoms with Crippen molar-refractivity contribution in [2.75, 3.05) is 18.0 Å². The molecule has 0 radical (unpaired) electrons. The number of benzene rings is 1. The minimum Gasteiger partial charge on any atom is -0.369 e. The van der Waals surface area contributed by atoms with Crippen LogP contribution < -0.4 is 16.0 Å². The molecular formula is C21H25F3N4O. The summed E-state index contributed by atoms with van der Waals surface area (Å²) >= 11 is 0. The van der Waals surface area contributed by atoms with Gasteiger partial charge in [0, 0.05) is 36.4 Å². The predicted molar refractivity (Wildman–Crippen MR) is 105 cm³/mol. The van der Waals surface area contributed by atoms with Crippen LogP contribution >= 0.6 is 0 Å². The first-order valence-corrected chi connectivity index (χ1v) is 10.00. The number of rotatable bonds is 4. The summed E-state index contributed by atoms with van der Waals surface area (Å²) in [5, 5.41) is 3.52. The molecule has 1 aromatic carbocycles. The van der Waals surface area contributed by atoms with Gasteiger partial charge in [-0.1, -0.05) is 6.92 Å². The van der Waals surface area contributed by atoms with Crippen LogP contribution in [0.4, 0.5) is 18.9 Å². The lowest BCUT2D eigenvalue weighted by molar-refractivity contribution is -0.136. The zero-order chi connectivity index (χ0) is 20.8. The number of carbonyl (C=O) groups excluding carboxylic acids is 1. The van der Waals surface area contributed by atoms with E-state index in [-0.39, 0.29) is 29.3 Å². The summed E-state index contributed by atoms with van der Waals surface area (Å²) in [6, 6.07) is 5.36. The largest absolute Gasteiger partial charge is 0.418 e. The number of pyridine rings is 1. The average Bonchev–Trinajstić information content (AvgIpc) is 3.50. The smallest absolute Gasteiger partial charge is 0.369 e. The van der Waals surface area contributed by atoms with Gasteiger partial charge in [-0.3, -0.25) is 9.78 Å². The summed E-state index contributed by atoms with van der Waals surface area (Å²) in [5.74, 6) is 0.419. The molecule has 2 heterocycles. The number of alkyl halides is 3. The molecule has 3 N–H and O–H groups in total. The van der Waals surface area contributed by atoms with Crippen LogP contribution in [-0.4, -0.2) is 36.1 Å². The highest BCUT2D eigenvalue weighted by Crippen LogP contribution is 2.38. The molecule has 1 aromatic heterocycles. The molecule has 1 aliphatic carbocycles. The zero-order valence-electron chi connectivity index (χ0n) is 16.2. The molecule has 0 bridgehead atoms. The summed E-state index contributed by atoms with van der Waals surface area (Å²) in [6.45, 7) is 3.32. The third kappa shape index (κ3) is 4.17. The van der Waals surface area contributed by atoms with Gasteiger partial charge in [0.25, 0.3) is 0 Å².